The lowest BCUT2D eigenvalue weighted by Gasteiger charge is -2.06. The lowest BCUT2D eigenvalue weighted by atomic mass is 10.1. The van der Waals surface area contributed by atoms with Gasteiger partial charge in [-0.1, -0.05) is 48.5 Å². The molecule has 0 saturated heterocycles. The lowest BCUT2D eigenvalue weighted by Crippen LogP contribution is -1.95. The van der Waals surface area contributed by atoms with Gasteiger partial charge < -0.3 is 9.84 Å². The van der Waals surface area contributed by atoms with Crippen LogP contribution in [0.25, 0.3) is 6.08 Å². The third-order valence-corrected chi connectivity index (χ3v) is 2.82. The Morgan fingerprint density at radius 1 is 1.05 bits per heavy atom. The standard InChI is InChI=1S/C17H18O2/c1-14(18)16-9-11-17(12-10-16)19-13-5-8-15-6-3-2-4-7-15/h2-12,14,18H,13H2,1H3/b8-5+. The summed E-state index contributed by atoms with van der Waals surface area (Å²) in [5.41, 5.74) is 2.06. The number of aliphatic hydroxyl groups excluding tert-OH is 1. The molecule has 0 aliphatic carbocycles. The van der Waals surface area contributed by atoms with Crippen molar-refractivity contribution < 1.29 is 9.84 Å². The Morgan fingerprint density at radius 2 is 1.74 bits per heavy atom. The molecule has 2 rings (SSSR count). The molecule has 0 amide bonds. The molecule has 0 fully saturated rings. The summed E-state index contributed by atoms with van der Waals surface area (Å²) in [6, 6.07) is 17.6. The van der Waals surface area contributed by atoms with Crippen LogP contribution in [0.3, 0.4) is 0 Å². The first-order valence-electron chi connectivity index (χ1n) is 6.38. The Labute approximate surface area is 114 Å². The summed E-state index contributed by atoms with van der Waals surface area (Å²) < 4.78 is 5.59. The van der Waals surface area contributed by atoms with Crippen molar-refractivity contribution in [2.24, 2.45) is 0 Å². The molecule has 0 saturated carbocycles. The molecule has 0 aliphatic rings. The molecule has 0 radical (unpaired) electrons. The monoisotopic (exact) mass is 254 g/mol. The van der Waals surface area contributed by atoms with Gasteiger partial charge in [-0.2, -0.15) is 0 Å². The molecule has 0 spiro atoms. The van der Waals surface area contributed by atoms with Crippen molar-refractivity contribution in [1.29, 1.82) is 0 Å². The zero-order valence-corrected chi connectivity index (χ0v) is 11.0. The summed E-state index contributed by atoms with van der Waals surface area (Å²) in [6.45, 7) is 2.28. The third kappa shape index (κ3) is 4.27. The molecule has 0 heterocycles. The van der Waals surface area contributed by atoms with E-state index in [0.717, 1.165) is 16.9 Å². The topological polar surface area (TPSA) is 29.5 Å². The molecule has 2 nitrogen and oxygen atoms in total. The van der Waals surface area contributed by atoms with Crippen molar-refractivity contribution in [3.05, 3.63) is 71.8 Å². The molecule has 0 aromatic heterocycles. The van der Waals surface area contributed by atoms with Crippen LogP contribution >= 0.6 is 0 Å². The van der Waals surface area contributed by atoms with Gasteiger partial charge in [0.25, 0.3) is 0 Å². The van der Waals surface area contributed by atoms with Crippen molar-refractivity contribution in [3.8, 4) is 5.75 Å². The molecule has 98 valence electrons. The van der Waals surface area contributed by atoms with E-state index < -0.39 is 6.10 Å². The largest absolute Gasteiger partial charge is 0.490 e. The van der Waals surface area contributed by atoms with E-state index in [0.29, 0.717) is 6.61 Å². The van der Waals surface area contributed by atoms with Gasteiger partial charge in [-0.15, -0.1) is 0 Å². The van der Waals surface area contributed by atoms with Crippen LogP contribution in [-0.2, 0) is 0 Å². The number of rotatable bonds is 5. The van der Waals surface area contributed by atoms with Gasteiger partial charge >= 0.3 is 0 Å². The Hall–Kier alpha value is -2.06. The van der Waals surface area contributed by atoms with Gasteiger partial charge in [0.15, 0.2) is 0 Å². The summed E-state index contributed by atoms with van der Waals surface area (Å²) >= 11 is 0. The predicted octanol–water partition coefficient (Wildman–Crippen LogP) is 3.83. The molecule has 1 N–H and O–H groups in total. The van der Waals surface area contributed by atoms with Gasteiger partial charge in [0.2, 0.25) is 0 Å². The summed E-state index contributed by atoms with van der Waals surface area (Å²) in [5, 5.41) is 9.40. The molecule has 2 aromatic rings. The highest BCUT2D eigenvalue weighted by Gasteiger charge is 1.99. The lowest BCUT2D eigenvalue weighted by molar-refractivity contribution is 0.199. The fourth-order valence-electron chi connectivity index (χ4n) is 1.74. The minimum atomic E-state index is -0.438. The van der Waals surface area contributed by atoms with Crippen LogP contribution in [0, 0.1) is 0 Å². The van der Waals surface area contributed by atoms with Crippen LogP contribution in [0.4, 0.5) is 0 Å². The van der Waals surface area contributed by atoms with E-state index in [1.807, 2.05) is 66.7 Å². The van der Waals surface area contributed by atoms with Crippen LogP contribution in [0.2, 0.25) is 0 Å². The summed E-state index contributed by atoms with van der Waals surface area (Å²) in [5.74, 6) is 0.808. The summed E-state index contributed by atoms with van der Waals surface area (Å²) in [7, 11) is 0. The highest BCUT2D eigenvalue weighted by molar-refractivity contribution is 5.48. The Bertz CT molecular complexity index is 513. The van der Waals surface area contributed by atoms with Gasteiger partial charge in [0.05, 0.1) is 6.10 Å². The molecule has 19 heavy (non-hydrogen) atoms. The zero-order valence-electron chi connectivity index (χ0n) is 11.0. The van der Waals surface area contributed by atoms with E-state index in [2.05, 4.69) is 0 Å². The smallest absolute Gasteiger partial charge is 0.119 e. The van der Waals surface area contributed by atoms with Crippen LogP contribution < -0.4 is 4.74 Å². The van der Waals surface area contributed by atoms with Gasteiger partial charge in [0.1, 0.15) is 12.4 Å². The number of hydrogen-bond donors (Lipinski definition) is 1. The second-order valence-corrected chi connectivity index (χ2v) is 4.37. The highest BCUT2D eigenvalue weighted by Crippen LogP contribution is 2.17. The number of hydrogen-bond acceptors (Lipinski definition) is 2. The van der Waals surface area contributed by atoms with Gasteiger partial charge in [0, 0.05) is 0 Å². The first-order valence-corrected chi connectivity index (χ1v) is 6.38. The highest BCUT2D eigenvalue weighted by atomic mass is 16.5. The van der Waals surface area contributed by atoms with E-state index in [1.54, 1.807) is 6.92 Å². The predicted molar refractivity (Wildman–Crippen MR) is 78.0 cm³/mol. The summed E-state index contributed by atoms with van der Waals surface area (Å²) in [4.78, 5) is 0. The maximum atomic E-state index is 9.40. The number of aliphatic hydroxyl groups is 1. The minimum absolute atomic E-state index is 0.438. The molecule has 1 unspecified atom stereocenters. The van der Waals surface area contributed by atoms with E-state index in [9.17, 15) is 5.11 Å². The van der Waals surface area contributed by atoms with Gasteiger partial charge in [-0.3, -0.25) is 0 Å². The van der Waals surface area contributed by atoms with E-state index >= 15 is 0 Å². The molecule has 0 aliphatic heterocycles. The molecular weight excluding hydrogens is 236 g/mol. The normalized spacial score (nSPS) is 12.5. The van der Waals surface area contributed by atoms with E-state index in [4.69, 9.17) is 4.74 Å². The second-order valence-electron chi connectivity index (χ2n) is 4.37. The first-order chi connectivity index (χ1) is 9.25. The fourth-order valence-corrected chi connectivity index (χ4v) is 1.74. The minimum Gasteiger partial charge on any atom is -0.490 e. The zero-order chi connectivity index (χ0) is 13.5. The second kappa shape index (κ2) is 6.76. The molecule has 2 aromatic carbocycles. The Kier molecular flexibility index (Phi) is 4.76. The molecular formula is C17H18O2. The Balaban J connectivity index is 1.84. The van der Waals surface area contributed by atoms with Crippen LogP contribution in [0.15, 0.2) is 60.7 Å². The maximum Gasteiger partial charge on any atom is 0.119 e. The van der Waals surface area contributed by atoms with Gasteiger partial charge in [-0.25, -0.2) is 0 Å². The summed E-state index contributed by atoms with van der Waals surface area (Å²) in [6.07, 6.45) is 3.58. The SMILES string of the molecule is CC(O)c1ccc(OC/C=C/c2ccccc2)cc1. The first kappa shape index (κ1) is 13.4. The third-order valence-electron chi connectivity index (χ3n) is 2.82. The number of ether oxygens (including phenoxy) is 1. The quantitative estimate of drug-likeness (QED) is 0.878. The molecule has 0 bridgehead atoms. The van der Waals surface area contributed by atoms with Crippen molar-refractivity contribution in [2.45, 2.75) is 13.0 Å². The molecule has 1 atom stereocenters. The Morgan fingerprint density at radius 3 is 2.37 bits per heavy atom. The van der Waals surface area contributed by atoms with Crippen LogP contribution in [0.5, 0.6) is 5.75 Å². The molecule has 2 heteroatoms. The average Bonchev–Trinajstić information content (AvgIpc) is 2.45. The van der Waals surface area contributed by atoms with Gasteiger partial charge in [-0.05, 0) is 36.3 Å². The number of benzene rings is 2. The van der Waals surface area contributed by atoms with E-state index in [-0.39, 0.29) is 0 Å². The van der Waals surface area contributed by atoms with Crippen molar-refractivity contribution in [1.82, 2.24) is 0 Å². The van der Waals surface area contributed by atoms with E-state index in [1.165, 1.54) is 0 Å². The van der Waals surface area contributed by atoms with Crippen LogP contribution in [0.1, 0.15) is 24.2 Å². The maximum absolute atomic E-state index is 9.40. The average molecular weight is 254 g/mol. The van der Waals surface area contributed by atoms with Crippen molar-refractivity contribution in [3.63, 3.8) is 0 Å². The van der Waals surface area contributed by atoms with Crippen molar-refractivity contribution in [2.75, 3.05) is 6.61 Å². The van der Waals surface area contributed by atoms with Crippen molar-refractivity contribution >= 4 is 6.08 Å². The fraction of sp³-hybridized carbons (Fsp3) is 0.176. The van der Waals surface area contributed by atoms with Crippen LogP contribution in [-0.4, -0.2) is 11.7 Å².